The SMILES string of the molecule is C=C(C)C(=O)OCC(C)C12CC3CC(CC(C3)C1)C2. The van der Waals surface area contributed by atoms with Gasteiger partial charge in [-0.2, -0.15) is 0 Å². The van der Waals surface area contributed by atoms with Crippen molar-refractivity contribution in [2.24, 2.45) is 29.1 Å². The van der Waals surface area contributed by atoms with Crippen LogP contribution in [0.1, 0.15) is 52.4 Å². The second-order valence-electron chi connectivity index (χ2n) is 7.56. The fourth-order valence-electron chi connectivity index (χ4n) is 5.28. The van der Waals surface area contributed by atoms with E-state index < -0.39 is 0 Å². The Morgan fingerprint density at radius 2 is 1.68 bits per heavy atom. The highest BCUT2D eigenvalue weighted by Gasteiger charge is 2.53. The average Bonchev–Trinajstić information content (AvgIpc) is 2.33. The number of esters is 1. The molecule has 0 amide bonds. The first-order valence-electron chi connectivity index (χ1n) is 7.81. The molecule has 0 radical (unpaired) electrons. The first kappa shape index (κ1) is 13.2. The highest BCUT2D eigenvalue weighted by molar-refractivity contribution is 5.86. The summed E-state index contributed by atoms with van der Waals surface area (Å²) < 4.78 is 5.42. The summed E-state index contributed by atoms with van der Waals surface area (Å²) in [5, 5.41) is 0. The number of hydrogen-bond donors (Lipinski definition) is 0. The molecule has 0 N–H and O–H groups in total. The molecule has 4 bridgehead atoms. The van der Waals surface area contributed by atoms with Gasteiger partial charge in [0.15, 0.2) is 0 Å². The predicted octanol–water partition coefficient (Wildman–Crippen LogP) is 3.96. The Labute approximate surface area is 116 Å². The molecule has 4 saturated carbocycles. The molecule has 0 aromatic rings. The average molecular weight is 262 g/mol. The number of ether oxygens (including phenoxy) is 1. The third kappa shape index (κ3) is 2.34. The quantitative estimate of drug-likeness (QED) is 0.566. The first-order valence-corrected chi connectivity index (χ1v) is 7.81. The Morgan fingerprint density at radius 3 is 2.11 bits per heavy atom. The van der Waals surface area contributed by atoms with Gasteiger partial charge in [-0.25, -0.2) is 4.79 Å². The van der Waals surface area contributed by atoms with E-state index in [0.29, 0.717) is 23.5 Å². The smallest absolute Gasteiger partial charge is 0.333 e. The molecule has 0 aromatic heterocycles. The molecular weight excluding hydrogens is 236 g/mol. The van der Waals surface area contributed by atoms with Crippen molar-refractivity contribution in [1.29, 1.82) is 0 Å². The molecule has 0 aliphatic heterocycles. The summed E-state index contributed by atoms with van der Waals surface area (Å²) in [6, 6.07) is 0. The van der Waals surface area contributed by atoms with Gasteiger partial charge in [0.05, 0.1) is 6.61 Å². The van der Waals surface area contributed by atoms with Gasteiger partial charge in [0.1, 0.15) is 0 Å². The van der Waals surface area contributed by atoms with E-state index in [1.807, 2.05) is 0 Å². The monoisotopic (exact) mass is 262 g/mol. The summed E-state index contributed by atoms with van der Waals surface area (Å²) >= 11 is 0. The molecule has 4 fully saturated rings. The molecular formula is C17H26O2. The van der Waals surface area contributed by atoms with E-state index >= 15 is 0 Å². The molecule has 4 aliphatic carbocycles. The first-order chi connectivity index (χ1) is 8.98. The summed E-state index contributed by atoms with van der Waals surface area (Å²) in [5.74, 6) is 3.17. The van der Waals surface area contributed by atoms with E-state index in [-0.39, 0.29) is 5.97 Å². The number of rotatable bonds is 4. The fraction of sp³-hybridized carbons (Fsp3) is 0.824. The molecule has 0 heterocycles. The van der Waals surface area contributed by atoms with Gasteiger partial charge >= 0.3 is 5.97 Å². The zero-order valence-corrected chi connectivity index (χ0v) is 12.3. The largest absolute Gasteiger partial charge is 0.462 e. The highest BCUT2D eigenvalue weighted by Crippen LogP contribution is 2.62. The molecule has 19 heavy (non-hydrogen) atoms. The maximum absolute atomic E-state index is 11.6. The van der Waals surface area contributed by atoms with Gasteiger partial charge in [-0.1, -0.05) is 13.5 Å². The van der Waals surface area contributed by atoms with Gasteiger partial charge < -0.3 is 4.74 Å². The Morgan fingerprint density at radius 1 is 1.21 bits per heavy atom. The lowest BCUT2D eigenvalue weighted by Crippen LogP contribution is -2.50. The minimum atomic E-state index is -0.225. The van der Waals surface area contributed by atoms with Crippen LogP contribution in [0.15, 0.2) is 12.2 Å². The summed E-state index contributed by atoms with van der Waals surface area (Å²) in [6.45, 7) is 8.24. The fourth-order valence-corrected chi connectivity index (χ4v) is 5.28. The minimum absolute atomic E-state index is 0.225. The number of carbonyl (C=O) groups excluding carboxylic acids is 1. The van der Waals surface area contributed by atoms with Gasteiger partial charge in [0.2, 0.25) is 0 Å². The van der Waals surface area contributed by atoms with Crippen LogP contribution < -0.4 is 0 Å². The van der Waals surface area contributed by atoms with E-state index in [0.717, 1.165) is 17.8 Å². The van der Waals surface area contributed by atoms with Crippen LogP contribution in [0.4, 0.5) is 0 Å². The van der Waals surface area contributed by atoms with E-state index in [9.17, 15) is 4.79 Å². The zero-order valence-electron chi connectivity index (χ0n) is 12.3. The summed E-state index contributed by atoms with van der Waals surface area (Å²) in [6.07, 6.45) is 8.55. The summed E-state index contributed by atoms with van der Waals surface area (Å²) in [7, 11) is 0. The van der Waals surface area contributed by atoms with Gasteiger partial charge in [-0.3, -0.25) is 0 Å². The summed E-state index contributed by atoms with van der Waals surface area (Å²) in [5.41, 5.74) is 0.988. The van der Waals surface area contributed by atoms with Crippen LogP contribution >= 0.6 is 0 Å². The molecule has 0 aromatic carbocycles. The van der Waals surface area contributed by atoms with Crippen LogP contribution in [0, 0.1) is 29.1 Å². The van der Waals surface area contributed by atoms with Gasteiger partial charge in [0.25, 0.3) is 0 Å². The van der Waals surface area contributed by atoms with Crippen LogP contribution in [0.25, 0.3) is 0 Å². The van der Waals surface area contributed by atoms with Crippen molar-refractivity contribution in [3.63, 3.8) is 0 Å². The molecule has 2 heteroatoms. The van der Waals surface area contributed by atoms with Gasteiger partial charge in [-0.15, -0.1) is 0 Å². The van der Waals surface area contributed by atoms with Crippen molar-refractivity contribution in [3.05, 3.63) is 12.2 Å². The Hall–Kier alpha value is -0.790. The lowest BCUT2D eigenvalue weighted by atomic mass is 9.47. The number of hydrogen-bond acceptors (Lipinski definition) is 2. The van der Waals surface area contributed by atoms with Crippen molar-refractivity contribution in [1.82, 2.24) is 0 Å². The van der Waals surface area contributed by atoms with Crippen LogP contribution in [0.2, 0.25) is 0 Å². The lowest BCUT2D eigenvalue weighted by Gasteiger charge is -2.59. The van der Waals surface area contributed by atoms with E-state index in [1.165, 1.54) is 38.5 Å². The van der Waals surface area contributed by atoms with Crippen LogP contribution in [0.3, 0.4) is 0 Å². The van der Waals surface area contributed by atoms with Crippen LogP contribution in [-0.2, 0) is 9.53 Å². The molecule has 1 atom stereocenters. The Balaban J connectivity index is 1.64. The molecule has 0 saturated heterocycles. The van der Waals surface area contributed by atoms with Crippen molar-refractivity contribution in [2.45, 2.75) is 52.4 Å². The maximum Gasteiger partial charge on any atom is 0.333 e. The zero-order chi connectivity index (χ0) is 13.6. The second kappa shape index (κ2) is 4.64. The third-order valence-electron chi connectivity index (χ3n) is 5.94. The van der Waals surface area contributed by atoms with Gasteiger partial charge in [-0.05, 0) is 74.5 Å². The molecule has 4 rings (SSSR count). The minimum Gasteiger partial charge on any atom is -0.462 e. The van der Waals surface area contributed by atoms with Crippen LogP contribution in [-0.4, -0.2) is 12.6 Å². The normalized spacial score (nSPS) is 41.1. The molecule has 2 nitrogen and oxygen atoms in total. The molecule has 0 spiro atoms. The highest BCUT2D eigenvalue weighted by atomic mass is 16.5. The van der Waals surface area contributed by atoms with Crippen molar-refractivity contribution in [3.8, 4) is 0 Å². The Kier molecular flexibility index (Phi) is 3.23. The number of carbonyl (C=O) groups is 1. The van der Waals surface area contributed by atoms with E-state index in [4.69, 9.17) is 4.74 Å². The van der Waals surface area contributed by atoms with E-state index in [1.54, 1.807) is 6.92 Å². The topological polar surface area (TPSA) is 26.3 Å². The molecule has 1 unspecified atom stereocenters. The lowest BCUT2D eigenvalue weighted by molar-refractivity contribution is -0.146. The predicted molar refractivity (Wildman–Crippen MR) is 75.5 cm³/mol. The van der Waals surface area contributed by atoms with E-state index in [2.05, 4.69) is 13.5 Å². The second-order valence-corrected chi connectivity index (χ2v) is 7.56. The standard InChI is InChI=1S/C17H26O2/c1-11(2)16(18)19-10-12(3)17-7-13-4-14(8-17)6-15(5-13)9-17/h12-15H,1,4-10H2,2-3H3. The summed E-state index contributed by atoms with van der Waals surface area (Å²) in [4.78, 5) is 11.6. The maximum atomic E-state index is 11.6. The molecule has 106 valence electrons. The molecule has 4 aliphatic rings. The van der Waals surface area contributed by atoms with Gasteiger partial charge in [0, 0.05) is 5.57 Å². The third-order valence-corrected chi connectivity index (χ3v) is 5.94. The van der Waals surface area contributed by atoms with Crippen molar-refractivity contribution in [2.75, 3.05) is 6.61 Å². The van der Waals surface area contributed by atoms with Crippen molar-refractivity contribution < 1.29 is 9.53 Å². The Bertz CT molecular complexity index is 361. The van der Waals surface area contributed by atoms with Crippen molar-refractivity contribution >= 4 is 5.97 Å². The van der Waals surface area contributed by atoms with Crippen LogP contribution in [0.5, 0.6) is 0 Å².